The van der Waals surface area contributed by atoms with Gasteiger partial charge in [-0.1, -0.05) is 11.6 Å². The number of carbonyl (C=O) groups excluding carboxylic acids is 1. The number of halogens is 1. The number of hydrogen-bond donors (Lipinski definition) is 1. The molecule has 1 N–H and O–H groups in total. The fraction of sp³-hybridized carbons (Fsp3) is 0.714. The summed E-state index contributed by atoms with van der Waals surface area (Å²) in [6, 6.07) is 0.421. The molecule has 5 nitrogen and oxygen atoms in total. The molecule has 21 heavy (non-hydrogen) atoms. The van der Waals surface area contributed by atoms with E-state index in [9.17, 15) is 4.79 Å². The lowest BCUT2D eigenvalue weighted by Gasteiger charge is -2.33. The Bertz CT molecular complexity index is 479. The van der Waals surface area contributed by atoms with Crippen LogP contribution in [0.15, 0.2) is 6.20 Å². The van der Waals surface area contributed by atoms with Crippen molar-refractivity contribution in [2.75, 3.05) is 13.1 Å². The Balaban J connectivity index is 1.72. The van der Waals surface area contributed by atoms with Gasteiger partial charge in [-0.2, -0.15) is 0 Å². The zero-order valence-corrected chi connectivity index (χ0v) is 14.3. The topological polar surface area (TPSA) is 54.5 Å². The van der Waals surface area contributed by atoms with E-state index in [0.717, 1.165) is 37.4 Å². The SMILES string of the molecule is CC(C)(C)OC(=O)N1CCC(NCc2cnc(Cl)s2)CC1. The highest BCUT2D eigenvalue weighted by Gasteiger charge is 2.26. The minimum Gasteiger partial charge on any atom is -0.444 e. The molecule has 0 bridgehead atoms. The standard InChI is InChI=1S/C14H22ClN3O2S/c1-14(2,3)20-13(19)18-6-4-10(5-7-18)16-8-11-9-17-12(15)21-11/h9-10,16H,4-8H2,1-3H3. The van der Waals surface area contributed by atoms with Crippen LogP contribution in [0.4, 0.5) is 4.79 Å². The van der Waals surface area contributed by atoms with Crippen LogP contribution < -0.4 is 5.32 Å². The van der Waals surface area contributed by atoms with Gasteiger partial charge in [0.15, 0.2) is 4.47 Å². The lowest BCUT2D eigenvalue weighted by molar-refractivity contribution is 0.0198. The maximum atomic E-state index is 12.0. The van der Waals surface area contributed by atoms with Crippen LogP contribution in [0.2, 0.25) is 4.47 Å². The van der Waals surface area contributed by atoms with Gasteiger partial charge in [-0.15, -0.1) is 11.3 Å². The molecular formula is C14H22ClN3O2S. The minimum atomic E-state index is -0.433. The largest absolute Gasteiger partial charge is 0.444 e. The molecule has 1 amide bonds. The Hall–Kier alpha value is -0.850. The molecule has 1 aliphatic rings. The summed E-state index contributed by atoms with van der Waals surface area (Å²) in [4.78, 5) is 18.9. The molecule has 1 fully saturated rings. The minimum absolute atomic E-state index is 0.213. The summed E-state index contributed by atoms with van der Waals surface area (Å²) >= 11 is 7.31. The van der Waals surface area contributed by atoms with Crippen molar-refractivity contribution in [3.63, 3.8) is 0 Å². The van der Waals surface area contributed by atoms with Gasteiger partial charge < -0.3 is 15.0 Å². The third kappa shape index (κ3) is 5.45. The lowest BCUT2D eigenvalue weighted by atomic mass is 10.1. The van der Waals surface area contributed by atoms with Crippen LogP contribution in [0.3, 0.4) is 0 Å². The number of nitrogens with zero attached hydrogens (tertiary/aromatic N) is 2. The molecule has 0 radical (unpaired) electrons. The van der Waals surface area contributed by atoms with Crippen molar-refractivity contribution in [2.45, 2.75) is 51.8 Å². The van der Waals surface area contributed by atoms with Gasteiger partial charge in [0.2, 0.25) is 0 Å². The first kappa shape index (κ1) is 16.5. The number of piperidine rings is 1. The van der Waals surface area contributed by atoms with Crippen LogP contribution in [0.25, 0.3) is 0 Å². The van der Waals surface area contributed by atoms with Gasteiger partial charge in [0.25, 0.3) is 0 Å². The van der Waals surface area contributed by atoms with Crippen LogP contribution in [-0.4, -0.2) is 40.7 Å². The number of amides is 1. The number of aromatic nitrogens is 1. The number of hydrogen-bond acceptors (Lipinski definition) is 5. The Kier molecular flexibility index (Phi) is 5.46. The second-order valence-electron chi connectivity index (χ2n) is 6.20. The number of nitrogens with one attached hydrogen (secondary N) is 1. The van der Waals surface area contributed by atoms with Gasteiger partial charge in [0, 0.05) is 36.8 Å². The second-order valence-corrected chi connectivity index (χ2v) is 7.90. The van der Waals surface area contributed by atoms with Crippen molar-refractivity contribution in [2.24, 2.45) is 0 Å². The smallest absolute Gasteiger partial charge is 0.410 e. The first-order valence-corrected chi connectivity index (χ1v) is 8.34. The molecule has 1 aliphatic heterocycles. The molecule has 2 rings (SSSR count). The van der Waals surface area contributed by atoms with Crippen molar-refractivity contribution in [3.05, 3.63) is 15.5 Å². The highest BCUT2D eigenvalue weighted by atomic mass is 35.5. The third-order valence-corrected chi connectivity index (χ3v) is 4.35. The predicted octanol–water partition coefficient (Wildman–Crippen LogP) is 3.29. The van der Waals surface area contributed by atoms with Crippen LogP contribution in [0.1, 0.15) is 38.5 Å². The highest BCUT2D eigenvalue weighted by molar-refractivity contribution is 7.15. The highest BCUT2D eigenvalue weighted by Crippen LogP contribution is 2.19. The molecule has 0 aromatic carbocycles. The van der Waals surface area contributed by atoms with E-state index >= 15 is 0 Å². The summed E-state index contributed by atoms with van der Waals surface area (Å²) in [7, 11) is 0. The van der Waals surface area contributed by atoms with Gasteiger partial charge in [-0.05, 0) is 33.6 Å². The van der Waals surface area contributed by atoms with E-state index in [1.54, 1.807) is 11.1 Å². The van der Waals surface area contributed by atoms with Gasteiger partial charge in [0.1, 0.15) is 5.60 Å². The van der Waals surface area contributed by atoms with Gasteiger partial charge in [0.05, 0.1) is 0 Å². The van der Waals surface area contributed by atoms with Crippen molar-refractivity contribution in [1.82, 2.24) is 15.2 Å². The Morgan fingerprint density at radius 2 is 2.19 bits per heavy atom. The Morgan fingerprint density at radius 1 is 1.52 bits per heavy atom. The van der Waals surface area contributed by atoms with Crippen LogP contribution in [-0.2, 0) is 11.3 Å². The quantitative estimate of drug-likeness (QED) is 0.923. The van der Waals surface area contributed by atoms with Crippen LogP contribution in [0.5, 0.6) is 0 Å². The number of likely N-dealkylation sites (tertiary alicyclic amines) is 1. The molecule has 1 aromatic heterocycles. The summed E-state index contributed by atoms with van der Waals surface area (Å²) in [6.07, 6.45) is 3.46. The first-order valence-electron chi connectivity index (χ1n) is 7.15. The molecule has 0 aliphatic carbocycles. The van der Waals surface area contributed by atoms with Crippen molar-refractivity contribution in [1.29, 1.82) is 0 Å². The molecule has 118 valence electrons. The average molecular weight is 332 g/mol. The summed E-state index contributed by atoms with van der Waals surface area (Å²) in [5.74, 6) is 0. The second kappa shape index (κ2) is 6.94. The summed E-state index contributed by atoms with van der Waals surface area (Å²) < 4.78 is 5.97. The van der Waals surface area contributed by atoms with Gasteiger partial charge in [-0.3, -0.25) is 0 Å². The molecule has 0 unspecified atom stereocenters. The Morgan fingerprint density at radius 3 is 2.71 bits per heavy atom. The monoisotopic (exact) mass is 331 g/mol. The van der Waals surface area contributed by atoms with Crippen molar-refractivity contribution >= 4 is 29.0 Å². The van der Waals surface area contributed by atoms with E-state index in [4.69, 9.17) is 16.3 Å². The third-order valence-electron chi connectivity index (χ3n) is 3.24. The zero-order chi connectivity index (χ0) is 15.5. The van der Waals surface area contributed by atoms with Gasteiger partial charge in [-0.25, -0.2) is 9.78 Å². The number of ether oxygens (including phenoxy) is 1. The normalized spacial score (nSPS) is 17.0. The first-order chi connectivity index (χ1) is 9.83. The van der Waals surface area contributed by atoms with E-state index in [-0.39, 0.29) is 6.09 Å². The average Bonchev–Trinajstić information content (AvgIpc) is 2.81. The fourth-order valence-corrected chi connectivity index (χ4v) is 3.13. The number of carbonyl (C=O) groups is 1. The van der Waals surface area contributed by atoms with Crippen molar-refractivity contribution in [3.8, 4) is 0 Å². The zero-order valence-electron chi connectivity index (χ0n) is 12.7. The molecule has 0 atom stereocenters. The summed E-state index contributed by atoms with van der Waals surface area (Å²) in [5, 5.41) is 3.49. The number of rotatable bonds is 3. The maximum Gasteiger partial charge on any atom is 0.410 e. The van der Waals surface area contributed by atoms with Crippen LogP contribution >= 0.6 is 22.9 Å². The molecule has 0 spiro atoms. The molecule has 7 heteroatoms. The molecule has 1 saturated heterocycles. The van der Waals surface area contributed by atoms with E-state index in [1.165, 1.54) is 11.3 Å². The molecule has 0 saturated carbocycles. The Labute approximate surface area is 134 Å². The maximum absolute atomic E-state index is 12.0. The van der Waals surface area contributed by atoms with E-state index in [2.05, 4.69) is 10.3 Å². The van der Waals surface area contributed by atoms with E-state index < -0.39 is 5.60 Å². The lowest BCUT2D eigenvalue weighted by Crippen LogP contribution is -2.46. The molecular weight excluding hydrogens is 310 g/mol. The van der Waals surface area contributed by atoms with E-state index in [0.29, 0.717) is 10.5 Å². The van der Waals surface area contributed by atoms with Crippen molar-refractivity contribution < 1.29 is 9.53 Å². The summed E-state index contributed by atoms with van der Waals surface area (Å²) in [5.41, 5.74) is -0.433. The predicted molar refractivity (Wildman–Crippen MR) is 84.8 cm³/mol. The molecule has 1 aromatic rings. The van der Waals surface area contributed by atoms with E-state index in [1.807, 2.05) is 20.8 Å². The van der Waals surface area contributed by atoms with Crippen LogP contribution in [0, 0.1) is 0 Å². The number of thiazole rings is 1. The molecule has 2 heterocycles. The fourth-order valence-electron chi connectivity index (χ4n) is 2.20. The summed E-state index contributed by atoms with van der Waals surface area (Å²) in [6.45, 7) is 7.91. The van der Waals surface area contributed by atoms with Gasteiger partial charge >= 0.3 is 6.09 Å².